The van der Waals surface area contributed by atoms with Crippen molar-refractivity contribution in [2.45, 2.75) is 62.0 Å². The number of allylic oxidation sites excluding steroid dienone is 4. The standard InChI is InChI=1S/C21H26ClFO6/c1-18-4-3-11(25)5-10(18)6-13(22)17-12-7-14(26)21(29,16(28)9-24)19(12,2)8-15(27)20(17,18)23/h3-5,12-15,17,24,26-27,29H,6-9H2,1-2H3/t12-,13+,14+,15-,17+,18-,19-,20+,21-/m0/s1. The van der Waals surface area contributed by atoms with Crippen molar-refractivity contribution in [2.24, 2.45) is 22.7 Å². The predicted molar refractivity (Wildman–Crippen MR) is 102 cm³/mol. The van der Waals surface area contributed by atoms with Crippen LogP contribution in [0, 0.1) is 22.7 Å². The Hall–Kier alpha value is -1.12. The van der Waals surface area contributed by atoms with Crippen LogP contribution in [0.4, 0.5) is 4.39 Å². The van der Waals surface area contributed by atoms with Gasteiger partial charge in [0.05, 0.1) is 12.2 Å². The minimum absolute atomic E-state index is 0.0806. The molecule has 8 heteroatoms. The van der Waals surface area contributed by atoms with E-state index >= 15 is 4.39 Å². The van der Waals surface area contributed by atoms with Gasteiger partial charge in [-0.25, -0.2) is 4.39 Å². The molecular weight excluding hydrogens is 403 g/mol. The van der Waals surface area contributed by atoms with E-state index in [1.807, 2.05) is 0 Å². The van der Waals surface area contributed by atoms with Crippen molar-refractivity contribution in [2.75, 3.05) is 6.61 Å². The van der Waals surface area contributed by atoms with E-state index in [1.54, 1.807) is 13.8 Å². The van der Waals surface area contributed by atoms with E-state index in [0.29, 0.717) is 5.57 Å². The van der Waals surface area contributed by atoms with E-state index in [0.717, 1.165) is 0 Å². The number of halogens is 2. The van der Waals surface area contributed by atoms with E-state index in [2.05, 4.69) is 0 Å². The van der Waals surface area contributed by atoms with Gasteiger partial charge in [-0.3, -0.25) is 9.59 Å². The molecule has 6 nitrogen and oxygen atoms in total. The first-order valence-corrected chi connectivity index (χ1v) is 10.3. The Balaban J connectivity index is 1.88. The van der Waals surface area contributed by atoms with Gasteiger partial charge in [0.25, 0.3) is 0 Å². The SMILES string of the molecule is C[C@]12C=CC(=O)C=C1C[C@@H](Cl)[C@H]1[C@@H]3C[C@@H](O)[C@](O)(C(=O)CO)[C@@]3(C)C[C@H](O)[C@@]12F. The molecule has 3 fully saturated rings. The molecule has 29 heavy (non-hydrogen) atoms. The van der Waals surface area contributed by atoms with E-state index in [4.69, 9.17) is 11.6 Å². The number of fused-ring (bicyclic) bond motifs is 5. The number of hydrogen-bond acceptors (Lipinski definition) is 6. The molecule has 0 aliphatic heterocycles. The van der Waals surface area contributed by atoms with Crippen molar-refractivity contribution < 1.29 is 34.4 Å². The highest BCUT2D eigenvalue weighted by Gasteiger charge is 2.77. The average Bonchev–Trinajstić information content (AvgIpc) is 2.85. The molecule has 0 spiro atoms. The Morgan fingerprint density at radius 2 is 1.97 bits per heavy atom. The summed E-state index contributed by atoms with van der Waals surface area (Å²) < 4.78 is 16.9. The van der Waals surface area contributed by atoms with E-state index in [9.17, 15) is 30.0 Å². The fraction of sp³-hybridized carbons (Fsp3) is 0.714. The fourth-order valence-corrected chi connectivity index (χ4v) is 7.31. The molecule has 4 aliphatic rings. The van der Waals surface area contributed by atoms with Gasteiger partial charge in [0.2, 0.25) is 0 Å². The summed E-state index contributed by atoms with van der Waals surface area (Å²) in [6, 6.07) is 0. The minimum Gasteiger partial charge on any atom is -0.390 e. The third-order valence-corrected chi connectivity index (χ3v) is 8.83. The molecule has 0 unspecified atom stereocenters. The molecule has 4 aliphatic carbocycles. The Bertz CT molecular complexity index is 843. The molecule has 160 valence electrons. The number of aliphatic hydroxyl groups excluding tert-OH is 3. The number of alkyl halides is 2. The summed E-state index contributed by atoms with van der Waals surface area (Å²) in [4.78, 5) is 24.3. The van der Waals surface area contributed by atoms with Gasteiger partial charge in [-0.1, -0.05) is 18.6 Å². The smallest absolute Gasteiger partial charge is 0.192 e. The second-order valence-electron chi connectivity index (χ2n) is 9.46. The topological polar surface area (TPSA) is 115 Å². The average molecular weight is 429 g/mol. The molecule has 9 atom stereocenters. The zero-order valence-electron chi connectivity index (χ0n) is 16.3. The normalized spacial score (nSPS) is 53.7. The maximum atomic E-state index is 16.9. The van der Waals surface area contributed by atoms with Crippen molar-refractivity contribution in [1.82, 2.24) is 0 Å². The zero-order chi connectivity index (χ0) is 21.6. The molecular formula is C21H26ClFO6. The first-order chi connectivity index (χ1) is 13.4. The molecule has 0 heterocycles. The lowest BCUT2D eigenvalue weighted by molar-refractivity contribution is -0.221. The molecule has 0 radical (unpaired) electrons. The highest BCUT2D eigenvalue weighted by molar-refractivity contribution is 6.21. The Labute approximate surface area is 173 Å². The van der Waals surface area contributed by atoms with Crippen molar-refractivity contribution in [3.63, 3.8) is 0 Å². The van der Waals surface area contributed by atoms with Gasteiger partial charge in [-0.05, 0) is 44.3 Å². The summed E-state index contributed by atoms with van der Waals surface area (Å²) in [5.74, 6) is -2.91. The summed E-state index contributed by atoms with van der Waals surface area (Å²) in [6.07, 6.45) is 0.846. The van der Waals surface area contributed by atoms with Crippen LogP contribution in [0.5, 0.6) is 0 Å². The molecule has 3 saturated carbocycles. The van der Waals surface area contributed by atoms with E-state index in [-0.39, 0.29) is 25.0 Å². The van der Waals surface area contributed by atoms with Crippen molar-refractivity contribution >= 4 is 23.2 Å². The van der Waals surface area contributed by atoms with Crippen LogP contribution in [0.1, 0.15) is 33.1 Å². The van der Waals surface area contributed by atoms with Crippen LogP contribution < -0.4 is 0 Å². The quantitative estimate of drug-likeness (QED) is 0.484. The summed E-state index contributed by atoms with van der Waals surface area (Å²) >= 11 is 6.63. The summed E-state index contributed by atoms with van der Waals surface area (Å²) in [5.41, 5.74) is -6.69. The predicted octanol–water partition coefficient (Wildman–Crippen LogP) is 0.838. The second kappa shape index (κ2) is 6.20. The Morgan fingerprint density at radius 1 is 1.31 bits per heavy atom. The molecule has 0 aromatic rings. The number of carbonyl (C=O) groups is 2. The van der Waals surface area contributed by atoms with Gasteiger partial charge in [0.1, 0.15) is 6.61 Å². The van der Waals surface area contributed by atoms with Gasteiger partial charge >= 0.3 is 0 Å². The molecule has 0 aromatic carbocycles. The largest absolute Gasteiger partial charge is 0.390 e. The lowest BCUT2D eigenvalue weighted by atomic mass is 9.44. The van der Waals surface area contributed by atoms with Crippen LogP contribution in [-0.2, 0) is 9.59 Å². The number of hydrogen-bond donors (Lipinski definition) is 4. The molecule has 4 rings (SSSR count). The maximum absolute atomic E-state index is 16.9. The minimum atomic E-state index is -2.30. The van der Waals surface area contributed by atoms with E-state index in [1.165, 1.54) is 18.2 Å². The van der Waals surface area contributed by atoms with Gasteiger partial charge in [0.15, 0.2) is 22.8 Å². The maximum Gasteiger partial charge on any atom is 0.192 e. The molecule has 0 amide bonds. The van der Waals surface area contributed by atoms with E-state index < -0.39 is 63.9 Å². The van der Waals surface area contributed by atoms with Crippen LogP contribution >= 0.6 is 11.6 Å². The van der Waals surface area contributed by atoms with Crippen LogP contribution in [0.15, 0.2) is 23.8 Å². The van der Waals surface area contributed by atoms with Crippen LogP contribution in [0.3, 0.4) is 0 Å². The van der Waals surface area contributed by atoms with Gasteiger partial charge in [0, 0.05) is 22.1 Å². The second-order valence-corrected chi connectivity index (χ2v) is 10.0. The monoisotopic (exact) mass is 428 g/mol. The van der Waals surface area contributed by atoms with Gasteiger partial charge in [-0.15, -0.1) is 11.6 Å². The van der Waals surface area contributed by atoms with Gasteiger partial charge in [-0.2, -0.15) is 0 Å². The Kier molecular flexibility index (Phi) is 4.52. The number of carbonyl (C=O) groups excluding carboxylic acids is 2. The lowest BCUT2D eigenvalue weighted by Gasteiger charge is -2.63. The molecule has 0 aromatic heterocycles. The molecule has 4 N–H and O–H groups in total. The highest BCUT2D eigenvalue weighted by atomic mass is 35.5. The lowest BCUT2D eigenvalue weighted by Crippen LogP contribution is -2.71. The molecule has 0 saturated heterocycles. The van der Waals surface area contributed by atoms with Crippen molar-refractivity contribution in [3.8, 4) is 0 Å². The van der Waals surface area contributed by atoms with Gasteiger partial charge < -0.3 is 20.4 Å². The van der Waals surface area contributed by atoms with Crippen LogP contribution in [0.2, 0.25) is 0 Å². The first-order valence-electron chi connectivity index (χ1n) is 9.87. The number of rotatable bonds is 2. The summed E-state index contributed by atoms with van der Waals surface area (Å²) in [5, 5.41) is 41.5. The van der Waals surface area contributed by atoms with Crippen LogP contribution in [-0.4, -0.2) is 67.5 Å². The third kappa shape index (κ3) is 2.26. The summed E-state index contributed by atoms with van der Waals surface area (Å²) in [6.45, 7) is 2.19. The highest BCUT2D eigenvalue weighted by Crippen LogP contribution is 2.70. The number of Topliss-reactive ketones (excluding diaryl/α,β-unsaturated/α-hetero) is 1. The summed E-state index contributed by atoms with van der Waals surface area (Å²) in [7, 11) is 0. The first kappa shape index (κ1) is 21.1. The number of aliphatic hydroxyl groups is 4. The number of ketones is 2. The third-order valence-electron chi connectivity index (χ3n) is 8.40. The fourth-order valence-electron chi connectivity index (χ4n) is 6.79. The Morgan fingerprint density at radius 3 is 2.59 bits per heavy atom. The zero-order valence-corrected chi connectivity index (χ0v) is 17.1. The van der Waals surface area contributed by atoms with Crippen molar-refractivity contribution in [1.29, 1.82) is 0 Å². The van der Waals surface area contributed by atoms with Crippen molar-refractivity contribution in [3.05, 3.63) is 23.8 Å². The molecule has 0 bridgehead atoms. The van der Waals surface area contributed by atoms with Crippen LogP contribution in [0.25, 0.3) is 0 Å².